The van der Waals surface area contributed by atoms with E-state index in [0.717, 1.165) is 44.7 Å². The van der Waals surface area contributed by atoms with E-state index in [0.29, 0.717) is 5.92 Å². The van der Waals surface area contributed by atoms with Gasteiger partial charge in [-0.15, -0.1) is 0 Å². The van der Waals surface area contributed by atoms with Crippen LogP contribution in [0.4, 0.5) is 0 Å². The minimum absolute atomic E-state index is 0.680. The second kappa shape index (κ2) is 8.89. The van der Waals surface area contributed by atoms with Crippen LogP contribution < -0.4 is 5.73 Å². The topological polar surface area (TPSA) is 38.5 Å². The van der Waals surface area contributed by atoms with E-state index in [4.69, 9.17) is 10.5 Å². The molecule has 0 heterocycles. The first-order valence-electron chi connectivity index (χ1n) is 7.58. The maximum atomic E-state index is 5.83. The summed E-state index contributed by atoms with van der Waals surface area (Å²) in [4.78, 5) is 2.37. The van der Waals surface area contributed by atoms with E-state index in [1.54, 1.807) is 0 Å². The van der Waals surface area contributed by atoms with E-state index in [9.17, 15) is 0 Å². The molecule has 1 atom stereocenters. The first kappa shape index (κ1) is 15.9. The summed E-state index contributed by atoms with van der Waals surface area (Å²) in [5.41, 5.74) is 5.83. The summed E-state index contributed by atoms with van der Waals surface area (Å²) in [6.07, 6.45) is 5.22. The molecule has 1 rings (SSSR count). The molecule has 0 bridgehead atoms. The van der Waals surface area contributed by atoms with Crippen molar-refractivity contribution in [2.45, 2.75) is 39.5 Å². The van der Waals surface area contributed by atoms with Crippen LogP contribution in [0.1, 0.15) is 39.5 Å². The zero-order chi connectivity index (χ0) is 13.4. The van der Waals surface area contributed by atoms with Crippen molar-refractivity contribution in [3.05, 3.63) is 0 Å². The fourth-order valence-electron chi connectivity index (χ4n) is 2.27. The molecule has 0 spiro atoms. The van der Waals surface area contributed by atoms with Gasteiger partial charge in [-0.3, -0.25) is 0 Å². The van der Waals surface area contributed by atoms with Crippen LogP contribution >= 0.6 is 0 Å². The lowest BCUT2D eigenvalue weighted by atomic mass is 9.94. The summed E-state index contributed by atoms with van der Waals surface area (Å²) in [6, 6.07) is 0. The number of hydrogen-bond donors (Lipinski definition) is 1. The largest absolute Gasteiger partial charge is 0.380 e. The standard InChI is InChI=1S/C15H32N2O/c1-13(2)10-15(11-16)6-7-17(3)8-9-18-12-14-4-5-14/h13-15H,4-12,16H2,1-3H3. The molecule has 1 unspecified atom stereocenters. The molecular weight excluding hydrogens is 224 g/mol. The van der Waals surface area contributed by atoms with Crippen molar-refractivity contribution < 1.29 is 4.74 Å². The predicted octanol–water partition coefficient (Wildman–Crippen LogP) is 2.36. The smallest absolute Gasteiger partial charge is 0.0593 e. The van der Waals surface area contributed by atoms with Gasteiger partial charge in [0, 0.05) is 13.2 Å². The Hall–Kier alpha value is -0.120. The Bertz CT molecular complexity index is 205. The second-order valence-electron chi connectivity index (χ2n) is 6.34. The van der Waals surface area contributed by atoms with Crippen LogP contribution in [0, 0.1) is 17.8 Å². The molecule has 3 heteroatoms. The minimum atomic E-state index is 0.680. The number of likely N-dealkylation sites (N-methyl/N-ethyl adjacent to an activating group) is 1. The molecule has 0 saturated heterocycles. The minimum Gasteiger partial charge on any atom is -0.380 e. The van der Waals surface area contributed by atoms with Gasteiger partial charge in [-0.25, -0.2) is 0 Å². The zero-order valence-corrected chi connectivity index (χ0v) is 12.5. The van der Waals surface area contributed by atoms with E-state index in [1.807, 2.05) is 0 Å². The Morgan fingerprint density at radius 2 is 2.00 bits per heavy atom. The van der Waals surface area contributed by atoms with Crippen molar-refractivity contribution in [1.29, 1.82) is 0 Å². The molecule has 1 saturated carbocycles. The summed E-state index contributed by atoms with van der Waals surface area (Å²) in [7, 11) is 2.18. The highest BCUT2D eigenvalue weighted by Gasteiger charge is 2.20. The molecule has 2 N–H and O–H groups in total. The van der Waals surface area contributed by atoms with Crippen LogP contribution in [-0.2, 0) is 4.74 Å². The van der Waals surface area contributed by atoms with Crippen molar-refractivity contribution in [2.24, 2.45) is 23.5 Å². The molecule has 108 valence electrons. The van der Waals surface area contributed by atoms with Gasteiger partial charge < -0.3 is 15.4 Å². The van der Waals surface area contributed by atoms with Crippen LogP contribution in [0.25, 0.3) is 0 Å². The average molecular weight is 256 g/mol. The molecule has 1 aliphatic rings. The third kappa shape index (κ3) is 8.06. The number of rotatable bonds is 11. The highest BCUT2D eigenvalue weighted by Crippen LogP contribution is 2.28. The average Bonchev–Trinajstić information content (AvgIpc) is 3.13. The Morgan fingerprint density at radius 1 is 1.28 bits per heavy atom. The lowest BCUT2D eigenvalue weighted by Gasteiger charge is -2.21. The van der Waals surface area contributed by atoms with Crippen molar-refractivity contribution in [3.63, 3.8) is 0 Å². The van der Waals surface area contributed by atoms with Gasteiger partial charge in [-0.2, -0.15) is 0 Å². The Kier molecular flexibility index (Phi) is 7.87. The normalized spacial score (nSPS) is 17.7. The third-order valence-electron chi connectivity index (χ3n) is 3.72. The second-order valence-corrected chi connectivity index (χ2v) is 6.34. The first-order chi connectivity index (χ1) is 8.61. The molecule has 1 fully saturated rings. The quantitative estimate of drug-likeness (QED) is 0.577. The maximum Gasteiger partial charge on any atom is 0.0593 e. The van der Waals surface area contributed by atoms with Crippen molar-refractivity contribution in [3.8, 4) is 0 Å². The van der Waals surface area contributed by atoms with Crippen LogP contribution in [0.2, 0.25) is 0 Å². The summed E-state index contributed by atoms with van der Waals surface area (Å²) < 4.78 is 5.66. The summed E-state index contributed by atoms with van der Waals surface area (Å²) in [6.45, 7) is 9.42. The molecule has 18 heavy (non-hydrogen) atoms. The van der Waals surface area contributed by atoms with Crippen molar-refractivity contribution >= 4 is 0 Å². The summed E-state index contributed by atoms with van der Waals surface area (Å²) >= 11 is 0. The van der Waals surface area contributed by atoms with Crippen LogP contribution in [-0.4, -0.2) is 44.8 Å². The number of nitrogens with zero attached hydrogens (tertiary/aromatic N) is 1. The third-order valence-corrected chi connectivity index (χ3v) is 3.72. The van der Waals surface area contributed by atoms with Gasteiger partial charge in [0.15, 0.2) is 0 Å². The molecule has 0 aromatic heterocycles. The van der Waals surface area contributed by atoms with Crippen LogP contribution in [0.15, 0.2) is 0 Å². The first-order valence-corrected chi connectivity index (χ1v) is 7.58. The molecule has 3 nitrogen and oxygen atoms in total. The molecule has 0 amide bonds. The zero-order valence-electron chi connectivity index (χ0n) is 12.5. The number of nitrogens with two attached hydrogens (primary N) is 1. The Balaban J connectivity index is 1.97. The Morgan fingerprint density at radius 3 is 2.56 bits per heavy atom. The van der Waals surface area contributed by atoms with Crippen molar-refractivity contribution in [2.75, 3.05) is 39.9 Å². The van der Waals surface area contributed by atoms with E-state index < -0.39 is 0 Å². The van der Waals surface area contributed by atoms with Gasteiger partial charge >= 0.3 is 0 Å². The predicted molar refractivity (Wildman–Crippen MR) is 77.7 cm³/mol. The van der Waals surface area contributed by atoms with E-state index in [1.165, 1.54) is 25.7 Å². The van der Waals surface area contributed by atoms with Gasteiger partial charge in [0.05, 0.1) is 6.61 Å². The fourth-order valence-corrected chi connectivity index (χ4v) is 2.27. The van der Waals surface area contributed by atoms with Crippen LogP contribution in [0.3, 0.4) is 0 Å². The van der Waals surface area contributed by atoms with Gasteiger partial charge in [0.2, 0.25) is 0 Å². The van der Waals surface area contributed by atoms with Gasteiger partial charge in [-0.05, 0) is 63.6 Å². The lowest BCUT2D eigenvalue weighted by Crippen LogP contribution is -2.28. The van der Waals surface area contributed by atoms with E-state index in [-0.39, 0.29) is 0 Å². The van der Waals surface area contributed by atoms with E-state index in [2.05, 4.69) is 25.8 Å². The molecule has 0 aromatic carbocycles. The summed E-state index contributed by atoms with van der Waals surface area (Å²) in [5.74, 6) is 2.31. The van der Waals surface area contributed by atoms with Crippen LogP contribution in [0.5, 0.6) is 0 Å². The molecule has 0 aromatic rings. The molecule has 1 aliphatic carbocycles. The molecule has 0 aliphatic heterocycles. The lowest BCUT2D eigenvalue weighted by molar-refractivity contribution is 0.102. The maximum absolute atomic E-state index is 5.83. The van der Waals surface area contributed by atoms with E-state index >= 15 is 0 Å². The summed E-state index contributed by atoms with van der Waals surface area (Å²) in [5, 5.41) is 0. The SMILES string of the molecule is CC(C)CC(CN)CCN(C)CCOCC1CC1. The highest BCUT2D eigenvalue weighted by atomic mass is 16.5. The molecular formula is C15H32N2O. The van der Waals surface area contributed by atoms with Gasteiger partial charge in [-0.1, -0.05) is 13.8 Å². The van der Waals surface area contributed by atoms with Crippen molar-refractivity contribution in [1.82, 2.24) is 4.90 Å². The number of ether oxygens (including phenoxy) is 1. The Labute approximate surface area is 113 Å². The molecule has 0 radical (unpaired) electrons. The van der Waals surface area contributed by atoms with Gasteiger partial charge in [0.25, 0.3) is 0 Å². The number of hydrogen-bond acceptors (Lipinski definition) is 3. The highest BCUT2D eigenvalue weighted by molar-refractivity contribution is 4.72. The fraction of sp³-hybridized carbons (Fsp3) is 1.00. The monoisotopic (exact) mass is 256 g/mol. The van der Waals surface area contributed by atoms with Gasteiger partial charge in [0.1, 0.15) is 0 Å².